The molecule has 0 N–H and O–H groups in total. The normalized spacial score (nSPS) is 10.9. The maximum atomic E-state index is 13.4. The van der Waals surface area contributed by atoms with Crippen molar-refractivity contribution in [3.63, 3.8) is 0 Å². The summed E-state index contributed by atoms with van der Waals surface area (Å²) in [6.45, 7) is 4.60. The summed E-state index contributed by atoms with van der Waals surface area (Å²) in [5.74, 6) is -0.116. The second kappa shape index (κ2) is 9.00. The predicted octanol–water partition coefficient (Wildman–Crippen LogP) is 5.51. The van der Waals surface area contributed by atoms with E-state index in [1.165, 1.54) is 11.8 Å². The average molecular weight is 412 g/mol. The van der Waals surface area contributed by atoms with Crippen LogP contribution in [-0.2, 0) is 19.5 Å². The number of hydrogen-bond acceptors (Lipinski definition) is 3. The molecule has 4 nitrogen and oxygen atoms in total. The van der Waals surface area contributed by atoms with Gasteiger partial charge in [-0.05, 0) is 48.7 Å². The highest BCUT2D eigenvalue weighted by molar-refractivity contribution is 5.94. The molecule has 0 aliphatic carbocycles. The molecule has 4 heteroatoms. The summed E-state index contributed by atoms with van der Waals surface area (Å²) in [6, 6.07) is 23.0. The minimum atomic E-state index is -0.116. The number of amides is 1. The number of fused-ring (bicyclic) bond motifs is 1. The van der Waals surface area contributed by atoms with Gasteiger partial charge in [-0.15, -0.1) is 0 Å². The summed E-state index contributed by atoms with van der Waals surface area (Å²) >= 11 is 0. The Hall–Kier alpha value is -3.66. The quantitative estimate of drug-likeness (QED) is 0.421. The molecule has 0 unspecified atom stereocenters. The Bertz CT molecular complexity index is 1260. The third kappa shape index (κ3) is 4.58. The van der Waals surface area contributed by atoms with Crippen LogP contribution in [0.15, 0.2) is 88.3 Å². The lowest BCUT2D eigenvalue weighted by Gasteiger charge is -2.23. The van der Waals surface area contributed by atoms with Crippen LogP contribution in [0.25, 0.3) is 11.0 Å². The summed E-state index contributed by atoms with van der Waals surface area (Å²) in [4.78, 5) is 28.2. The van der Waals surface area contributed by atoms with Crippen molar-refractivity contribution in [1.29, 1.82) is 0 Å². The number of benzene rings is 3. The molecule has 0 fully saturated rings. The molecule has 4 aromatic rings. The molecule has 1 aromatic heterocycles. The smallest absolute Gasteiger partial charge is 0.254 e. The van der Waals surface area contributed by atoms with Crippen LogP contribution in [0.4, 0.5) is 0 Å². The van der Waals surface area contributed by atoms with Gasteiger partial charge in [0.05, 0.1) is 23.8 Å². The minimum absolute atomic E-state index is 0.0999. The van der Waals surface area contributed by atoms with Gasteiger partial charge in [-0.25, -0.2) is 0 Å². The maximum Gasteiger partial charge on any atom is 0.254 e. The van der Waals surface area contributed by atoms with Gasteiger partial charge in [0.15, 0.2) is 5.43 Å². The van der Waals surface area contributed by atoms with Gasteiger partial charge in [0.2, 0.25) is 0 Å². The van der Waals surface area contributed by atoms with Crippen LogP contribution in [0.3, 0.4) is 0 Å². The van der Waals surface area contributed by atoms with Crippen LogP contribution < -0.4 is 5.43 Å². The van der Waals surface area contributed by atoms with Gasteiger partial charge < -0.3 is 9.32 Å². The molecule has 0 saturated carbocycles. The average Bonchev–Trinajstić information content (AvgIpc) is 2.81. The molecule has 0 spiro atoms. The summed E-state index contributed by atoms with van der Waals surface area (Å²) in [5, 5.41) is 0.539. The second-order valence-corrected chi connectivity index (χ2v) is 7.79. The van der Waals surface area contributed by atoms with Crippen molar-refractivity contribution in [2.45, 2.75) is 33.4 Å². The Labute approximate surface area is 181 Å². The largest absolute Gasteiger partial charge is 0.464 e. The molecular weight excluding hydrogens is 386 g/mol. The summed E-state index contributed by atoms with van der Waals surface area (Å²) in [7, 11) is 0. The molecule has 4 rings (SSSR count). The van der Waals surface area contributed by atoms with E-state index in [2.05, 4.69) is 6.92 Å². The van der Waals surface area contributed by atoms with Crippen LogP contribution in [-0.4, -0.2) is 10.8 Å². The summed E-state index contributed by atoms with van der Waals surface area (Å²) in [6.07, 6.45) is 2.39. The van der Waals surface area contributed by atoms with E-state index in [9.17, 15) is 9.59 Å². The fraction of sp³-hybridized carbons (Fsp3) is 0.185. The van der Waals surface area contributed by atoms with E-state index in [1.54, 1.807) is 11.0 Å². The highest BCUT2D eigenvalue weighted by atomic mass is 16.3. The Morgan fingerprint density at radius 2 is 1.65 bits per heavy atom. The fourth-order valence-corrected chi connectivity index (χ4v) is 3.67. The van der Waals surface area contributed by atoms with Gasteiger partial charge in [0.1, 0.15) is 5.58 Å². The molecule has 0 bridgehead atoms. The van der Waals surface area contributed by atoms with Crippen LogP contribution in [0.5, 0.6) is 0 Å². The topological polar surface area (TPSA) is 50.5 Å². The predicted molar refractivity (Wildman–Crippen MR) is 123 cm³/mol. The number of aryl methyl sites for hydroxylation is 2. The molecule has 0 radical (unpaired) electrons. The van der Waals surface area contributed by atoms with E-state index in [0.29, 0.717) is 28.6 Å². The molecular formula is C27H25NO3. The Morgan fingerprint density at radius 1 is 0.903 bits per heavy atom. The fourth-order valence-electron chi connectivity index (χ4n) is 3.67. The highest BCUT2D eigenvalue weighted by Crippen LogP contribution is 2.17. The van der Waals surface area contributed by atoms with Crippen molar-refractivity contribution in [2.24, 2.45) is 0 Å². The van der Waals surface area contributed by atoms with E-state index in [-0.39, 0.29) is 17.9 Å². The Balaban J connectivity index is 1.70. The zero-order valence-corrected chi connectivity index (χ0v) is 17.8. The first-order valence-corrected chi connectivity index (χ1v) is 10.5. The highest BCUT2D eigenvalue weighted by Gasteiger charge is 2.19. The molecule has 0 atom stereocenters. The van der Waals surface area contributed by atoms with Gasteiger partial charge in [-0.3, -0.25) is 9.59 Å². The molecule has 3 aromatic carbocycles. The van der Waals surface area contributed by atoms with Gasteiger partial charge in [-0.1, -0.05) is 61.0 Å². The number of carbonyl (C=O) groups is 1. The van der Waals surface area contributed by atoms with Gasteiger partial charge >= 0.3 is 0 Å². The summed E-state index contributed by atoms with van der Waals surface area (Å²) < 4.78 is 5.71. The van der Waals surface area contributed by atoms with Crippen molar-refractivity contribution in [3.8, 4) is 0 Å². The van der Waals surface area contributed by atoms with Crippen LogP contribution in [0, 0.1) is 6.92 Å². The lowest BCUT2D eigenvalue weighted by Crippen LogP contribution is -2.32. The van der Waals surface area contributed by atoms with Crippen molar-refractivity contribution >= 4 is 16.9 Å². The first-order chi connectivity index (χ1) is 15.0. The zero-order valence-electron chi connectivity index (χ0n) is 17.8. The van der Waals surface area contributed by atoms with E-state index in [4.69, 9.17) is 4.42 Å². The molecule has 156 valence electrons. The SMILES string of the molecule is CCc1ccc(C(=O)N(Cc2ccccc2)Cc2coc3ccc(C)cc3c2=O)cc1. The number of nitrogens with zero attached hydrogens (tertiary/aromatic N) is 1. The molecule has 0 saturated heterocycles. The van der Waals surface area contributed by atoms with E-state index >= 15 is 0 Å². The maximum absolute atomic E-state index is 13.4. The third-order valence-corrected chi connectivity index (χ3v) is 5.47. The molecule has 0 aliphatic rings. The standard InChI is InChI=1S/C27H25NO3/c1-3-20-10-12-22(13-11-20)27(30)28(16-21-7-5-4-6-8-21)17-23-18-31-25-14-9-19(2)15-24(25)26(23)29/h4-15,18H,3,16-17H2,1-2H3. The molecule has 0 aliphatic heterocycles. The zero-order chi connectivity index (χ0) is 21.8. The molecule has 1 heterocycles. The lowest BCUT2D eigenvalue weighted by molar-refractivity contribution is 0.0729. The molecule has 31 heavy (non-hydrogen) atoms. The minimum Gasteiger partial charge on any atom is -0.464 e. The summed E-state index contributed by atoms with van der Waals surface area (Å²) in [5.41, 5.74) is 4.69. The van der Waals surface area contributed by atoms with Crippen molar-refractivity contribution < 1.29 is 9.21 Å². The number of hydrogen-bond donors (Lipinski definition) is 0. The second-order valence-electron chi connectivity index (χ2n) is 7.79. The van der Waals surface area contributed by atoms with Gasteiger partial charge in [0, 0.05) is 12.1 Å². The first-order valence-electron chi connectivity index (χ1n) is 10.5. The monoisotopic (exact) mass is 411 g/mol. The lowest BCUT2D eigenvalue weighted by atomic mass is 10.1. The van der Waals surface area contributed by atoms with E-state index in [0.717, 1.165) is 17.5 Å². The number of rotatable bonds is 6. The van der Waals surface area contributed by atoms with Gasteiger partial charge in [-0.2, -0.15) is 0 Å². The van der Waals surface area contributed by atoms with Crippen molar-refractivity contribution in [3.05, 3.63) is 117 Å². The number of carbonyl (C=O) groups excluding carboxylic acids is 1. The van der Waals surface area contributed by atoms with E-state index in [1.807, 2.05) is 73.7 Å². The van der Waals surface area contributed by atoms with E-state index < -0.39 is 0 Å². The van der Waals surface area contributed by atoms with Gasteiger partial charge in [0.25, 0.3) is 5.91 Å². The molecule has 1 amide bonds. The van der Waals surface area contributed by atoms with Crippen LogP contribution in [0.2, 0.25) is 0 Å². The first kappa shape index (κ1) is 20.6. The van der Waals surface area contributed by atoms with Crippen LogP contribution in [0.1, 0.15) is 39.5 Å². The van der Waals surface area contributed by atoms with Crippen LogP contribution >= 0.6 is 0 Å². The Morgan fingerprint density at radius 3 is 2.35 bits per heavy atom. The van der Waals surface area contributed by atoms with Crippen molar-refractivity contribution in [1.82, 2.24) is 4.90 Å². The Kier molecular flexibility index (Phi) is 5.99. The third-order valence-electron chi connectivity index (χ3n) is 5.47. The van der Waals surface area contributed by atoms with Crippen molar-refractivity contribution in [2.75, 3.05) is 0 Å².